The molecule has 0 saturated carbocycles. The number of furan rings is 1. The fraction of sp³-hybridized carbons (Fsp3) is 0.0769. The van der Waals surface area contributed by atoms with E-state index in [9.17, 15) is 4.79 Å². The van der Waals surface area contributed by atoms with E-state index >= 15 is 0 Å². The van der Waals surface area contributed by atoms with Gasteiger partial charge in [0, 0.05) is 11.3 Å². The number of nitrogens with two attached hydrogens (primary N) is 1. The molecule has 0 radical (unpaired) electrons. The van der Waals surface area contributed by atoms with E-state index in [1.807, 2.05) is 6.07 Å². The average Bonchev–Trinajstić information content (AvgIpc) is 2.77. The summed E-state index contributed by atoms with van der Waals surface area (Å²) >= 11 is 0. The number of nitrogens with zero attached hydrogens (tertiary/aromatic N) is 1. The van der Waals surface area contributed by atoms with E-state index in [1.54, 1.807) is 25.1 Å². The van der Waals surface area contributed by atoms with Gasteiger partial charge in [0.2, 0.25) is 0 Å². The number of hydrogen-bond acceptors (Lipinski definition) is 4. The Morgan fingerprint density at radius 3 is 2.83 bits per heavy atom. The number of amides is 1. The Labute approximate surface area is 104 Å². The van der Waals surface area contributed by atoms with Gasteiger partial charge in [-0.15, -0.1) is 0 Å². The summed E-state index contributed by atoms with van der Waals surface area (Å²) in [7, 11) is 0. The highest BCUT2D eigenvalue weighted by Gasteiger charge is 2.14. The minimum atomic E-state index is -0.390. The molecule has 5 heteroatoms. The van der Waals surface area contributed by atoms with Crippen molar-refractivity contribution in [1.29, 1.82) is 5.26 Å². The first-order valence-electron chi connectivity index (χ1n) is 5.27. The van der Waals surface area contributed by atoms with Crippen LogP contribution in [0.1, 0.15) is 21.7 Å². The van der Waals surface area contributed by atoms with Crippen LogP contribution in [0.2, 0.25) is 0 Å². The quantitative estimate of drug-likeness (QED) is 0.789. The predicted molar refractivity (Wildman–Crippen MR) is 67.0 cm³/mol. The Bertz CT molecular complexity index is 638. The summed E-state index contributed by atoms with van der Waals surface area (Å²) in [6.45, 7) is 1.77. The zero-order valence-corrected chi connectivity index (χ0v) is 9.73. The van der Waals surface area contributed by atoms with Crippen molar-refractivity contribution in [3.8, 4) is 6.07 Å². The topological polar surface area (TPSA) is 92.1 Å². The number of nitrogens with one attached hydrogen (secondary N) is 1. The van der Waals surface area contributed by atoms with E-state index in [4.69, 9.17) is 15.4 Å². The zero-order valence-electron chi connectivity index (χ0n) is 9.73. The molecule has 5 nitrogen and oxygen atoms in total. The second-order valence-electron chi connectivity index (χ2n) is 3.80. The summed E-state index contributed by atoms with van der Waals surface area (Å²) < 4.78 is 5.08. The van der Waals surface area contributed by atoms with Crippen LogP contribution in [0, 0.1) is 18.3 Å². The third kappa shape index (κ3) is 2.18. The van der Waals surface area contributed by atoms with Gasteiger partial charge in [-0.05, 0) is 31.2 Å². The number of nitrogen functional groups attached to an aromatic ring is 1. The minimum Gasteiger partial charge on any atom is -0.459 e. The molecular formula is C13H11N3O2. The molecule has 90 valence electrons. The van der Waals surface area contributed by atoms with Gasteiger partial charge in [0.05, 0.1) is 17.5 Å². The zero-order chi connectivity index (χ0) is 13.1. The maximum Gasteiger partial charge on any atom is 0.291 e. The Balaban J connectivity index is 2.28. The molecular weight excluding hydrogens is 230 g/mol. The lowest BCUT2D eigenvalue weighted by atomic mass is 10.1. The van der Waals surface area contributed by atoms with Crippen LogP contribution in [0.15, 0.2) is 34.9 Å². The van der Waals surface area contributed by atoms with Crippen molar-refractivity contribution in [3.05, 3.63) is 47.4 Å². The summed E-state index contributed by atoms with van der Waals surface area (Å²) in [4.78, 5) is 11.9. The first-order valence-corrected chi connectivity index (χ1v) is 5.27. The van der Waals surface area contributed by atoms with Crippen molar-refractivity contribution < 1.29 is 9.21 Å². The van der Waals surface area contributed by atoms with Gasteiger partial charge in [-0.1, -0.05) is 0 Å². The molecule has 1 amide bonds. The number of benzene rings is 1. The standard InChI is InChI=1S/C13H11N3O2/c1-8-4-5-18-12(8)13(17)16-11-3-2-10(15)6-9(11)7-14/h2-6H,15H2,1H3,(H,16,17). The third-order valence-electron chi connectivity index (χ3n) is 2.48. The molecule has 0 saturated heterocycles. The third-order valence-corrected chi connectivity index (χ3v) is 2.48. The van der Waals surface area contributed by atoms with Gasteiger partial charge >= 0.3 is 0 Å². The summed E-state index contributed by atoms with van der Waals surface area (Å²) in [5, 5.41) is 11.6. The predicted octanol–water partition coefficient (Wildman–Crippen LogP) is 2.29. The van der Waals surface area contributed by atoms with Gasteiger partial charge in [0.25, 0.3) is 5.91 Å². The van der Waals surface area contributed by atoms with E-state index in [-0.39, 0.29) is 5.76 Å². The fourth-order valence-electron chi connectivity index (χ4n) is 1.55. The Morgan fingerprint density at radius 1 is 1.44 bits per heavy atom. The Morgan fingerprint density at radius 2 is 2.22 bits per heavy atom. The van der Waals surface area contributed by atoms with Gasteiger partial charge in [0.1, 0.15) is 6.07 Å². The average molecular weight is 241 g/mol. The first kappa shape index (κ1) is 11.7. The fourth-order valence-corrected chi connectivity index (χ4v) is 1.55. The molecule has 0 bridgehead atoms. The highest BCUT2D eigenvalue weighted by Crippen LogP contribution is 2.19. The van der Waals surface area contributed by atoms with Gasteiger partial charge in [-0.2, -0.15) is 5.26 Å². The highest BCUT2D eigenvalue weighted by atomic mass is 16.3. The molecule has 18 heavy (non-hydrogen) atoms. The SMILES string of the molecule is Cc1ccoc1C(=O)Nc1ccc(N)cc1C#N. The Hall–Kier alpha value is -2.74. The van der Waals surface area contributed by atoms with Crippen molar-refractivity contribution in [2.75, 3.05) is 11.1 Å². The molecule has 2 aromatic rings. The number of aryl methyl sites for hydroxylation is 1. The second kappa shape index (κ2) is 4.63. The van der Waals surface area contributed by atoms with E-state index < -0.39 is 5.91 Å². The number of hydrogen-bond donors (Lipinski definition) is 2. The molecule has 2 rings (SSSR count). The van der Waals surface area contributed by atoms with Crippen LogP contribution in [0.5, 0.6) is 0 Å². The van der Waals surface area contributed by atoms with Crippen LogP contribution in [-0.2, 0) is 0 Å². The van der Waals surface area contributed by atoms with Crippen LogP contribution in [0.4, 0.5) is 11.4 Å². The molecule has 0 aliphatic carbocycles. The number of anilines is 2. The Kier molecular flexibility index (Phi) is 3.02. The van der Waals surface area contributed by atoms with Crippen LogP contribution in [0.25, 0.3) is 0 Å². The van der Waals surface area contributed by atoms with Crippen molar-refractivity contribution >= 4 is 17.3 Å². The lowest BCUT2D eigenvalue weighted by Gasteiger charge is -2.06. The highest BCUT2D eigenvalue weighted by molar-refractivity contribution is 6.04. The van der Waals surface area contributed by atoms with E-state index in [1.165, 1.54) is 12.3 Å². The van der Waals surface area contributed by atoms with Gasteiger partial charge in [-0.3, -0.25) is 4.79 Å². The summed E-state index contributed by atoms with van der Waals surface area (Å²) in [5.74, 6) is -0.158. The monoisotopic (exact) mass is 241 g/mol. The molecule has 0 unspecified atom stereocenters. The largest absolute Gasteiger partial charge is 0.459 e. The second-order valence-corrected chi connectivity index (χ2v) is 3.80. The van der Waals surface area contributed by atoms with Gasteiger partial charge in [-0.25, -0.2) is 0 Å². The van der Waals surface area contributed by atoms with Crippen LogP contribution in [-0.4, -0.2) is 5.91 Å². The molecule has 3 N–H and O–H groups in total. The first-order chi connectivity index (χ1) is 8.61. The van der Waals surface area contributed by atoms with Crippen LogP contribution < -0.4 is 11.1 Å². The molecule has 1 aromatic heterocycles. The maximum atomic E-state index is 11.9. The van der Waals surface area contributed by atoms with E-state index in [0.717, 1.165) is 5.56 Å². The smallest absolute Gasteiger partial charge is 0.291 e. The molecule has 0 spiro atoms. The molecule has 1 heterocycles. The number of rotatable bonds is 2. The lowest BCUT2D eigenvalue weighted by Crippen LogP contribution is -2.13. The van der Waals surface area contributed by atoms with Gasteiger partial charge in [0.15, 0.2) is 5.76 Å². The molecule has 0 fully saturated rings. The normalized spacial score (nSPS) is 9.78. The summed E-state index contributed by atoms with van der Waals surface area (Å²) in [6, 6.07) is 8.38. The van der Waals surface area contributed by atoms with Crippen molar-refractivity contribution in [3.63, 3.8) is 0 Å². The molecule has 0 atom stereocenters. The van der Waals surface area contributed by atoms with Crippen LogP contribution in [0.3, 0.4) is 0 Å². The molecule has 0 aliphatic heterocycles. The maximum absolute atomic E-state index is 11.9. The summed E-state index contributed by atoms with van der Waals surface area (Å²) in [5.41, 5.74) is 7.50. The minimum absolute atomic E-state index is 0.232. The lowest BCUT2D eigenvalue weighted by molar-refractivity contribution is 0.0996. The van der Waals surface area contributed by atoms with E-state index in [0.29, 0.717) is 16.9 Å². The molecule has 1 aromatic carbocycles. The van der Waals surface area contributed by atoms with E-state index in [2.05, 4.69) is 5.32 Å². The van der Waals surface area contributed by atoms with Crippen molar-refractivity contribution in [2.24, 2.45) is 0 Å². The van der Waals surface area contributed by atoms with Crippen molar-refractivity contribution in [1.82, 2.24) is 0 Å². The number of nitriles is 1. The van der Waals surface area contributed by atoms with Gasteiger partial charge < -0.3 is 15.5 Å². The molecule has 0 aliphatic rings. The number of carbonyl (C=O) groups is 1. The summed E-state index contributed by atoms with van der Waals surface area (Å²) in [6.07, 6.45) is 1.44. The van der Waals surface area contributed by atoms with Crippen LogP contribution >= 0.6 is 0 Å². The van der Waals surface area contributed by atoms with Crippen molar-refractivity contribution in [2.45, 2.75) is 6.92 Å². The number of carbonyl (C=O) groups excluding carboxylic acids is 1.